The average molecular weight is 448 g/mol. The maximum absolute atomic E-state index is 12.6. The second-order valence-electron chi connectivity index (χ2n) is 5.63. The number of hydrogen-bond acceptors (Lipinski definition) is 4. The van der Waals surface area contributed by atoms with E-state index in [1.54, 1.807) is 18.2 Å². The van der Waals surface area contributed by atoms with E-state index in [-0.39, 0.29) is 0 Å². The van der Waals surface area contributed by atoms with Crippen molar-refractivity contribution in [2.75, 3.05) is 0 Å². The van der Waals surface area contributed by atoms with Crippen LogP contribution >= 0.6 is 38.9 Å². The minimum absolute atomic E-state index is 0.332. The molecule has 0 saturated carbocycles. The fraction of sp³-hybridized carbons (Fsp3) is 0.0526. The van der Waals surface area contributed by atoms with Crippen molar-refractivity contribution in [2.45, 2.75) is 6.92 Å². The lowest BCUT2D eigenvalue weighted by Crippen LogP contribution is -2.06. The summed E-state index contributed by atoms with van der Waals surface area (Å²) in [6.45, 7) is 1.93. The summed E-state index contributed by atoms with van der Waals surface area (Å²) in [5, 5.41) is 5.89. The topological polar surface area (TPSA) is 44.1 Å². The van der Waals surface area contributed by atoms with Crippen LogP contribution in [-0.2, 0) is 0 Å². The lowest BCUT2D eigenvalue weighted by atomic mass is 10.3. The molecule has 2 aromatic heterocycles. The minimum atomic E-state index is -0.436. The smallest absolute Gasteiger partial charge is 0.353 e. The van der Waals surface area contributed by atoms with Gasteiger partial charge in [-0.3, -0.25) is 0 Å². The molecule has 130 valence electrons. The zero-order valence-electron chi connectivity index (χ0n) is 13.6. The number of hydrogen-bond donors (Lipinski definition) is 0. The van der Waals surface area contributed by atoms with Gasteiger partial charge < -0.3 is 4.74 Å². The molecule has 0 radical (unpaired) electrons. The number of ether oxygens (including phenoxy) is 1. The monoisotopic (exact) mass is 446 g/mol. The number of para-hydroxylation sites is 1. The first-order chi connectivity index (χ1) is 12.5. The maximum Gasteiger partial charge on any atom is 0.353 e. The molecule has 0 spiro atoms. The standard InChI is InChI=1S/C19H12BrClN2O2S/c1-11-14-10-17(19(24)25-16-8-7-12(20)9-15(16)21)26-18(14)23(22-11)13-5-3-2-4-6-13/h2-10H,1H3. The summed E-state index contributed by atoms with van der Waals surface area (Å²) in [6.07, 6.45) is 0. The van der Waals surface area contributed by atoms with Crippen LogP contribution in [0.2, 0.25) is 5.02 Å². The van der Waals surface area contributed by atoms with E-state index in [9.17, 15) is 4.79 Å². The molecule has 0 aliphatic heterocycles. The number of carbonyl (C=O) groups excluding carboxylic acids is 1. The second-order valence-corrected chi connectivity index (χ2v) is 7.98. The Balaban J connectivity index is 1.70. The highest BCUT2D eigenvalue weighted by Crippen LogP contribution is 2.33. The van der Waals surface area contributed by atoms with Crippen LogP contribution in [0.4, 0.5) is 0 Å². The van der Waals surface area contributed by atoms with Crippen molar-refractivity contribution in [3.05, 3.63) is 74.7 Å². The van der Waals surface area contributed by atoms with E-state index in [0.717, 1.165) is 26.1 Å². The number of nitrogens with zero attached hydrogens (tertiary/aromatic N) is 2. The molecule has 0 unspecified atom stereocenters. The summed E-state index contributed by atoms with van der Waals surface area (Å²) >= 11 is 10.8. The average Bonchev–Trinajstić information content (AvgIpc) is 3.19. The van der Waals surface area contributed by atoms with Crippen LogP contribution in [-0.4, -0.2) is 15.7 Å². The first-order valence-corrected chi connectivity index (χ1v) is 9.73. The van der Waals surface area contributed by atoms with Crippen molar-refractivity contribution in [3.63, 3.8) is 0 Å². The number of rotatable bonds is 3. The van der Waals surface area contributed by atoms with Gasteiger partial charge in [0.1, 0.15) is 15.5 Å². The Kier molecular flexibility index (Phi) is 4.56. The SMILES string of the molecule is Cc1nn(-c2ccccc2)c2sc(C(=O)Oc3ccc(Br)cc3Cl)cc12. The third-order valence-corrected chi connectivity index (χ3v) is 5.72. The number of aryl methyl sites for hydroxylation is 1. The first kappa shape index (κ1) is 17.3. The van der Waals surface area contributed by atoms with Gasteiger partial charge in [-0.15, -0.1) is 11.3 Å². The number of benzene rings is 2. The van der Waals surface area contributed by atoms with E-state index in [0.29, 0.717) is 15.6 Å². The third kappa shape index (κ3) is 3.16. The van der Waals surface area contributed by atoms with Crippen LogP contribution < -0.4 is 4.74 Å². The van der Waals surface area contributed by atoms with Gasteiger partial charge in [0.2, 0.25) is 0 Å². The Morgan fingerprint density at radius 3 is 2.69 bits per heavy atom. The summed E-state index contributed by atoms with van der Waals surface area (Å²) in [7, 11) is 0. The van der Waals surface area contributed by atoms with Gasteiger partial charge in [-0.05, 0) is 43.3 Å². The number of aromatic nitrogens is 2. The fourth-order valence-corrected chi connectivity index (χ4v) is 4.37. The molecule has 26 heavy (non-hydrogen) atoms. The summed E-state index contributed by atoms with van der Waals surface area (Å²) in [4.78, 5) is 14.0. The molecule has 0 aliphatic carbocycles. The molecule has 0 bridgehead atoms. The fourth-order valence-electron chi connectivity index (χ4n) is 2.60. The van der Waals surface area contributed by atoms with Gasteiger partial charge in [-0.1, -0.05) is 45.7 Å². The van der Waals surface area contributed by atoms with Gasteiger partial charge in [-0.2, -0.15) is 5.10 Å². The van der Waals surface area contributed by atoms with Crippen LogP contribution in [0.15, 0.2) is 59.1 Å². The maximum atomic E-state index is 12.6. The molecular formula is C19H12BrClN2O2S. The van der Waals surface area contributed by atoms with Crippen molar-refractivity contribution in [2.24, 2.45) is 0 Å². The van der Waals surface area contributed by atoms with E-state index in [1.807, 2.05) is 48.0 Å². The first-order valence-electron chi connectivity index (χ1n) is 7.75. The van der Waals surface area contributed by atoms with E-state index in [4.69, 9.17) is 16.3 Å². The number of thiophene rings is 1. The second kappa shape index (κ2) is 6.87. The normalized spacial score (nSPS) is 11.0. The molecule has 0 saturated heterocycles. The third-order valence-electron chi connectivity index (χ3n) is 3.84. The molecule has 0 aliphatic rings. The van der Waals surface area contributed by atoms with E-state index in [2.05, 4.69) is 21.0 Å². The van der Waals surface area contributed by atoms with Gasteiger partial charge in [0.25, 0.3) is 0 Å². The number of halogens is 2. The molecule has 0 amide bonds. The van der Waals surface area contributed by atoms with Crippen LogP contribution in [0.3, 0.4) is 0 Å². The van der Waals surface area contributed by atoms with E-state index in [1.165, 1.54) is 11.3 Å². The molecule has 7 heteroatoms. The Bertz CT molecular complexity index is 1120. The van der Waals surface area contributed by atoms with Crippen molar-refractivity contribution in [3.8, 4) is 11.4 Å². The molecule has 2 heterocycles. The van der Waals surface area contributed by atoms with Crippen LogP contribution in [0.25, 0.3) is 15.9 Å². The summed E-state index contributed by atoms with van der Waals surface area (Å²) < 4.78 is 8.13. The lowest BCUT2D eigenvalue weighted by Gasteiger charge is -2.05. The Hall–Kier alpha value is -2.15. The number of esters is 1. The van der Waals surface area contributed by atoms with Gasteiger partial charge in [0, 0.05) is 9.86 Å². The summed E-state index contributed by atoms with van der Waals surface area (Å²) in [5.41, 5.74) is 1.81. The Morgan fingerprint density at radius 2 is 1.96 bits per heavy atom. The van der Waals surface area contributed by atoms with Crippen molar-refractivity contribution in [1.29, 1.82) is 0 Å². The highest BCUT2D eigenvalue weighted by molar-refractivity contribution is 9.10. The number of fused-ring (bicyclic) bond motifs is 1. The molecule has 0 atom stereocenters. The summed E-state index contributed by atoms with van der Waals surface area (Å²) in [6, 6.07) is 16.8. The van der Waals surface area contributed by atoms with Crippen LogP contribution in [0, 0.1) is 6.92 Å². The van der Waals surface area contributed by atoms with E-state index < -0.39 is 5.97 Å². The van der Waals surface area contributed by atoms with Gasteiger partial charge in [0.15, 0.2) is 0 Å². The molecule has 4 nitrogen and oxygen atoms in total. The minimum Gasteiger partial charge on any atom is -0.421 e. The largest absolute Gasteiger partial charge is 0.421 e. The molecule has 4 aromatic rings. The predicted molar refractivity (Wildman–Crippen MR) is 108 cm³/mol. The molecule has 0 N–H and O–H groups in total. The zero-order chi connectivity index (χ0) is 18.3. The lowest BCUT2D eigenvalue weighted by molar-refractivity contribution is 0.0740. The van der Waals surface area contributed by atoms with Gasteiger partial charge >= 0.3 is 5.97 Å². The number of carbonyl (C=O) groups is 1. The highest BCUT2D eigenvalue weighted by Gasteiger charge is 2.19. The van der Waals surface area contributed by atoms with Crippen LogP contribution in [0.1, 0.15) is 15.4 Å². The van der Waals surface area contributed by atoms with Crippen molar-refractivity contribution < 1.29 is 9.53 Å². The van der Waals surface area contributed by atoms with Gasteiger partial charge in [0.05, 0.1) is 16.4 Å². The molecule has 2 aromatic carbocycles. The van der Waals surface area contributed by atoms with Gasteiger partial charge in [-0.25, -0.2) is 9.48 Å². The molecule has 0 fully saturated rings. The molecule has 4 rings (SSSR count). The quantitative estimate of drug-likeness (QED) is 0.284. The predicted octanol–water partition coefficient (Wildman–Crippen LogP) is 6.03. The zero-order valence-corrected chi connectivity index (χ0v) is 16.7. The van der Waals surface area contributed by atoms with E-state index >= 15 is 0 Å². The summed E-state index contributed by atoms with van der Waals surface area (Å²) in [5.74, 6) is -0.104. The molecular weight excluding hydrogens is 436 g/mol. The van der Waals surface area contributed by atoms with Crippen molar-refractivity contribution >= 4 is 55.1 Å². The van der Waals surface area contributed by atoms with Crippen LogP contribution in [0.5, 0.6) is 5.75 Å². The van der Waals surface area contributed by atoms with Crippen molar-refractivity contribution in [1.82, 2.24) is 9.78 Å². The highest BCUT2D eigenvalue weighted by atomic mass is 79.9. The Morgan fingerprint density at radius 1 is 1.19 bits per heavy atom. The Labute approximate surface area is 167 Å².